The van der Waals surface area contributed by atoms with Crippen LogP contribution < -0.4 is 19.6 Å². The molecule has 0 amide bonds. The first-order valence-electron chi connectivity index (χ1n) is 14.6. The van der Waals surface area contributed by atoms with E-state index >= 15 is 0 Å². The zero-order valence-corrected chi connectivity index (χ0v) is 25.3. The van der Waals surface area contributed by atoms with E-state index in [2.05, 4.69) is 23.9 Å². The smallest absolute Gasteiger partial charge is 0.291 e. The molecule has 0 fully saturated rings. The summed E-state index contributed by atoms with van der Waals surface area (Å²) in [6.07, 6.45) is 6.88. The number of benzene rings is 3. The summed E-state index contributed by atoms with van der Waals surface area (Å²) < 4.78 is 15.4. The highest BCUT2D eigenvalue weighted by Gasteiger charge is 2.16. The summed E-state index contributed by atoms with van der Waals surface area (Å²) >= 11 is 1.32. The number of thiazole rings is 1. The molecule has 0 unspecified atom stereocenters. The van der Waals surface area contributed by atoms with E-state index < -0.39 is 0 Å². The van der Waals surface area contributed by atoms with Gasteiger partial charge in [0.15, 0.2) is 5.82 Å². The van der Waals surface area contributed by atoms with Crippen LogP contribution in [0.2, 0.25) is 0 Å². The van der Waals surface area contributed by atoms with Crippen molar-refractivity contribution in [1.29, 1.82) is 0 Å². The predicted molar refractivity (Wildman–Crippen MR) is 171 cm³/mol. The van der Waals surface area contributed by atoms with Crippen LogP contribution in [0.4, 0.5) is 0 Å². The quantitative estimate of drug-likeness (QED) is 0.160. The fraction of sp³-hybridized carbons (Fsp3) is 0.235. The molecule has 0 saturated heterocycles. The van der Waals surface area contributed by atoms with E-state index in [0.717, 1.165) is 64.4 Å². The largest absolute Gasteiger partial charge is 0.494 e. The topological polar surface area (TPSA) is 83.5 Å². The van der Waals surface area contributed by atoms with Gasteiger partial charge in [-0.05, 0) is 86.0 Å². The van der Waals surface area contributed by atoms with Crippen molar-refractivity contribution in [3.63, 3.8) is 0 Å². The number of ether oxygens (including phenoxy) is 2. The Morgan fingerprint density at radius 2 is 1.65 bits per heavy atom. The van der Waals surface area contributed by atoms with Gasteiger partial charge in [-0.15, -0.1) is 5.10 Å². The third-order valence-electron chi connectivity index (χ3n) is 7.04. The van der Waals surface area contributed by atoms with Gasteiger partial charge in [0, 0.05) is 22.9 Å². The molecule has 6 aromatic rings. The molecule has 0 aliphatic heterocycles. The van der Waals surface area contributed by atoms with Crippen molar-refractivity contribution in [3.8, 4) is 39.8 Å². The molecule has 43 heavy (non-hydrogen) atoms. The first-order valence-corrected chi connectivity index (χ1v) is 15.4. The van der Waals surface area contributed by atoms with Crippen molar-refractivity contribution < 1.29 is 9.47 Å². The summed E-state index contributed by atoms with van der Waals surface area (Å²) in [4.78, 5) is 18.7. The number of fused-ring (bicyclic) bond motifs is 1. The molecule has 218 valence electrons. The Labute approximate surface area is 253 Å². The molecule has 3 heterocycles. The second-order valence-electron chi connectivity index (χ2n) is 10.3. The first-order chi connectivity index (χ1) is 21.0. The summed E-state index contributed by atoms with van der Waals surface area (Å²) in [6.45, 7) is 7.63. The van der Waals surface area contributed by atoms with E-state index in [0.29, 0.717) is 28.5 Å². The van der Waals surface area contributed by atoms with Crippen molar-refractivity contribution in [2.45, 2.75) is 40.0 Å². The molecule has 0 saturated carbocycles. The molecular formula is C34H33N5O3S. The van der Waals surface area contributed by atoms with Gasteiger partial charge in [0.05, 0.1) is 23.4 Å². The zero-order chi connectivity index (χ0) is 29.8. The van der Waals surface area contributed by atoms with Gasteiger partial charge < -0.3 is 9.47 Å². The molecule has 3 aromatic heterocycles. The Balaban J connectivity index is 1.37. The fourth-order valence-electron chi connectivity index (χ4n) is 4.76. The number of nitrogens with zero attached hydrogens (tertiary/aromatic N) is 5. The molecule has 9 heteroatoms. The van der Waals surface area contributed by atoms with E-state index in [4.69, 9.17) is 14.6 Å². The Morgan fingerprint density at radius 1 is 0.884 bits per heavy atom. The average molecular weight is 592 g/mol. The minimum Gasteiger partial charge on any atom is -0.494 e. The lowest BCUT2D eigenvalue weighted by molar-refractivity contribution is 0.309. The second-order valence-corrected chi connectivity index (χ2v) is 11.3. The van der Waals surface area contributed by atoms with Crippen LogP contribution in [0.15, 0.2) is 83.8 Å². The Hall–Kier alpha value is -4.76. The summed E-state index contributed by atoms with van der Waals surface area (Å²) in [7, 11) is 0. The first kappa shape index (κ1) is 28.4. The molecule has 8 nitrogen and oxygen atoms in total. The molecule has 0 spiro atoms. The molecule has 0 atom stereocenters. The van der Waals surface area contributed by atoms with Gasteiger partial charge in [0.1, 0.15) is 17.2 Å². The number of hydrogen-bond acceptors (Lipinski definition) is 7. The van der Waals surface area contributed by atoms with Gasteiger partial charge in [-0.3, -0.25) is 4.79 Å². The highest BCUT2D eigenvalue weighted by atomic mass is 32.1. The highest BCUT2D eigenvalue weighted by Crippen LogP contribution is 2.30. The third kappa shape index (κ3) is 6.08. The number of unbranched alkanes of at least 4 members (excludes halogenated alkanes) is 1. The summed E-state index contributed by atoms with van der Waals surface area (Å²) in [5, 5.41) is 9.49. The van der Waals surface area contributed by atoms with Gasteiger partial charge in [-0.25, -0.2) is 4.68 Å². The van der Waals surface area contributed by atoms with E-state index in [9.17, 15) is 4.79 Å². The molecule has 0 aliphatic rings. The van der Waals surface area contributed by atoms with Crippen molar-refractivity contribution in [2.75, 3.05) is 13.2 Å². The maximum absolute atomic E-state index is 13.5. The van der Waals surface area contributed by atoms with E-state index in [1.54, 1.807) is 0 Å². The van der Waals surface area contributed by atoms with Crippen LogP contribution in [-0.4, -0.2) is 37.6 Å². The Bertz CT molecular complexity index is 1960. The van der Waals surface area contributed by atoms with Crippen LogP contribution in [0.5, 0.6) is 11.5 Å². The van der Waals surface area contributed by atoms with Crippen molar-refractivity contribution in [1.82, 2.24) is 24.4 Å². The normalized spacial score (nSPS) is 11.8. The number of aryl methyl sites for hydroxylation is 1. The van der Waals surface area contributed by atoms with Crippen LogP contribution in [0, 0.1) is 6.92 Å². The van der Waals surface area contributed by atoms with E-state index in [-0.39, 0.29) is 5.56 Å². The van der Waals surface area contributed by atoms with E-state index in [1.165, 1.54) is 15.9 Å². The second kappa shape index (κ2) is 12.6. The van der Waals surface area contributed by atoms with Gasteiger partial charge >= 0.3 is 0 Å². The van der Waals surface area contributed by atoms with Gasteiger partial charge in [0.2, 0.25) is 4.96 Å². The van der Waals surface area contributed by atoms with Gasteiger partial charge in [-0.1, -0.05) is 49.8 Å². The number of aromatic nitrogens is 5. The minimum absolute atomic E-state index is 0.211. The van der Waals surface area contributed by atoms with Crippen LogP contribution in [0.3, 0.4) is 0 Å². The fourth-order valence-corrected chi connectivity index (χ4v) is 5.66. The molecule has 3 aromatic carbocycles. The molecule has 0 radical (unpaired) electrons. The SMILES string of the molecule is CCCCOc1ccc(-c2nc3s/c(=C\c4cn(-c5ccccc5)nc4-c4ccc(OCCC)cc4C)c(=O)n3n2)cc1. The lowest BCUT2D eigenvalue weighted by Crippen LogP contribution is -2.23. The third-order valence-corrected chi connectivity index (χ3v) is 8.00. The standard InChI is InChI=1S/C34H33N5O3S/c1-4-6-19-42-27-14-12-24(13-15-27)32-35-34-39(37-32)33(40)30(43-34)21-25-22-38(26-10-8-7-9-11-26)36-31(25)29-17-16-28(20-23(29)3)41-18-5-2/h7-17,20-22H,4-6,18-19H2,1-3H3/b30-21-. The van der Waals surface area contributed by atoms with Crippen LogP contribution in [0.25, 0.3) is 39.4 Å². The molecular weight excluding hydrogens is 558 g/mol. The molecule has 0 bridgehead atoms. The average Bonchev–Trinajstić information content (AvgIpc) is 3.72. The van der Waals surface area contributed by atoms with Crippen molar-refractivity contribution >= 4 is 22.4 Å². The molecule has 0 N–H and O–H groups in total. The minimum atomic E-state index is -0.211. The zero-order valence-electron chi connectivity index (χ0n) is 24.5. The van der Waals surface area contributed by atoms with Gasteiger partial charge in [-0.2, -0.15) is 14.6 Å². The number of rotatable bonds is 11. The maximum Gasteiger partial charge on any atom is 0.291 e. The highest BCUT2D eigenvalue weighted by molar-refractivity contribution is 7.15. The number of para-hydroxylation sites is 1. The van der Waals surface area contributed by atoms with Gasteiger partial charge in [0.25, 0.3) is 5.56 Å². The van der Waals surface area contributed by atoms with Crippen molar-refractivity contribution in [3.05, 3.63) is 105 Å². The summed E-state index contributed by atoms with van der Waals surface area (Å²) in [5.41, 5.74) is 5.17. The van der Waals surface area contributed by atoms with Crippen LogP contribution in [0.1, 0.15) is 44.2 Å². The van der Waals surface area contributed by atoms with Crippen molar-refractivity contribution in [2.24, 2.45) is 0 Å². The predicted octanol–water partition coefficient (Wildman–Crippen LogP) is 6.49. The van der Waals surface area contributed by atoms with Crippen LogP contribution in [-0.2, 0) is 0 Å². The Kier molecular flexibility index (Phi) is 8.33. The molecule has 0 aliphatic carbocycles. The lowest BCUT2D eigenvalue weighted by atomic mass is 10.0. The molecule has 6 rings (SSSR count). The number of hydrogen-bond donors (Lipinski definition) is 0. The van der Waals surface area contributed by atoms with E-state index in [1.807, 2.05) is 96.7 Å². The summed E-state index contributed by atoms with van der Waals surface area (Å²) in [5.74, 6) is 2.15. The summed E-state index contributed by atoms with van der Waals surface area (Å²) in [6, 6.07) is 23.6. The lowest BCUT2D eigenvalue weighted by Gasteiger charge is -2.09. The maximum atomic E-state index is 13.5. The Morgan fingerprint density at radius 3 is 2.37 bits per heavy atom. The van der Waals surface area contributed by atoms with Crippen LogP contribution >= 0.6 is 11.3 Å². The monoisotopic (exact) mass is 591 g/mol.